The van der Waals surface area contributed by atoms with Crippen LogP contribution in [0.5, 0.6) is 0 Å². The molecule has 0 radical (unpaired) electrons. The zero-order chi connectivity index (χ0) is 15.9. The number of ether oxygens (including phenoxy) is 1. The summed E-state index contributed by atoms with van der Waals surface area (Å²) < 4.78 is 7.83. The van der Waals surface area contributed by atoms with Gasteiger partial charge in [0.1, 0.15) is 11.9 Å². The van der Waals surface area contributed by atoms with Gasteiger partial charge in [-0.2, -0.15) is 0 Å². The number of likely N-dealkylation sites (tertiary alicyclic amines) is 1. The van der Waals surface area contributed by atoms with Gasteiger partial charge in [0.05, 0.1) is 12.2 Å². The SMILES string of the molecule is CN1C(=O)CC[C@@H](NC2COC(C)(C)C2)[C@@H]1c1nccn1C. The van der Waals surface area contributed by atoms with Crippen molar-refractivity contribution in [3.63, 3.8) is 0 Å². The van der Waals surface area contributed by atoms with Crippen LogP contribution in [0.15, 0.2) is 12.4 Å². The van der Waals surface area contributed by atoms with Crippen LogP contribution in [0.3, 0.4) is 0 Å². The summed E-state index contributed by atoms with van der Waals surface area (Å²) in [6, 6.07) is 0.528. The van der Waals surface area contributed by atoms with Crippen LogP contribution < -0.4 is 5.32 Å². The van der Waals surface area contributed by atoms with Crippen molar-refractivity contribution in [2.45, 2.75) is 56.8 Å². The Morgan fingerprint density at radius 1 is 1.41 bits per heavy atom. The molecule has 0 saturated carbocycles. The number of rotatable bonds is 3. The van der Waals surface area contributed by atoms with Crippen LogP contribution >= 0.6 is 0 Å². The smallest absolute Gasteiger partial charge is 0.223 e. The molecule has 0 bridgehead atoms. The maximum atomic E-state index is 12.1. The number of carbonyl (C=O) groups excluding carboxylic acids is 1. The monoisotopic (exact) mass is 306 g/mol. The molecule has 2 aliphatic heterocycles. The fourth-order valence-electron chi connectivity index (χ4n) is 3.68. The highest BCUT2D eigenvalue weighted by Gasteiger charge is 2.40. The normalized spacial score (nSPS) is 31.7. The Balaban J connectivity index is 1.79. The Morgan fingerprint density at radius 2 is 2.18 bits per heavy atom. The molecule has 2 saturated heterocycles. The second-order valence-electron chi connectivity index (χ2n) is 7.13. The van der Waals surface area contributed by atoms with Crippen LogP contribution in [0.4, 0.5) is 0 Å². The van der Waals surface area contributed by atoms with E-state index in [1.165, 1.54) is 0 Å². The lowest BCUT2D eigenvalue weighted by molar-refractivity contribution is -0.136. The first-order valence-corrected chi connectivity index (χ1v) is 8.00. The van der Waals surface area contributed by atoms with Crippen molar-refractivity contribution in [3.8, 4) is 0 Å². The maximum Gasteiger partial charge on any atom is 0.223 e. The average Bonchev–Trinajstić information content (AvgIpc) is 3.01. The molecule has 2 fully saturated rings. The predicted octanol–water partition coefficient (Wildman–Crippen LogP) is 1.24. The van der Waals surface area contributed by atoms with Gasteiger partial charge in [0.2, 0.25) is 5.91 Å². The first-order valence-electron chi connectivity index (χ1n) is 8.00. The van der Waals surface area contributed by atoms with Gasteiger partial charge in [-0.05, 0) is 26.7 Å². The van der Waals surface area contributed by atoms with Gasteiger partial charge in [-0.25, -0.2) is 4.98 Å². The number of hydrogen-bond donors (Lipinski definition) is 1. The molecular weight excluding hydrogens is 280 g/mol. The first kappa shape index (κ1) is 15.5. The zero-order valence-electron chi connectivity index (χ0n) is 13.9. The van der Waals surface area contributed by atoms with Gasteiger partial charge in [-0.15, -0.1) is 0 Å². The highest BCUT2D eigenvalue weighted by Crippen LogP contribution is 2.32. The Hall–Kier alpha value is -1.40. The molecule has 122 valence electrons. The summed E-state index contributed by atoms with van der Waals surface area (Å²) in [5, 5.41) is 3.72. The van der Waals surface area contributed by atoms with Crippen LogP contribution in [-0.4, -0.2) is 51.7 Å². The van der Waals surface area contributed by atoms with Gasteiger partial charge in [0, 0.05) is 45.0 Å². The van der Waals surface area contributed by atoms with Crippen LogP contribution in [0.2, 0.25) is 0 Å². The summed E-state index contributed by atoms with van der Waals surface area (Å²) in [6.45, 7) is 4.98. The standard InChI is InChI=1S/C16H26N4O2/c1-16(2)9-11(10-22-16)18-12-5-6-13(21)20(4)14(12)15-17-7-8-19(15)3/h7-8,11-12,14,18H,5-6,9-10H2,1-4H3/t11?,12-,14-/m1/s1. The molecule has 6 nitrogen and oxygen atoms in total. The van der Waals surface area contributed by atoms with E-state index in [4.69, 9.17) is 4.74 Å². The Morgan fingerprint density at radius 3 is 2.77 bits per heavy atom. The van der Waals surface area contributed by atoms with Gasteiger partial charge < -0.3 is 19.5 Å². The van der Waals surface area contributed by atoms with Crippen molar-refractivity contribution in [1.82, 2.24) is 19.8 Å². The van der Waals surface area contributed by atoms with E-state index in [1.807, 2.05) is 29.8 Å². The highest BCUT2D eigenvalue weighted by atomic mass is 16.5. The van der Waals surface area contributed by atoms with E-state index in [2.05, 4.69) is 24.1 Å². The quantitative estimate of drug-likeness (QED) is 0.913. The average molecular weight is 306 g/mol. The van der Waals surface area contributed by atoms with Crippen LogP contribution in [0.25, 0.3) is 0 Å². The van der Waals surface area contributed by atoms with Gasteiger partial charge in [-0.1, -0.05) is 0 Å². The molecule has 1 aromatic heterocycles. The van der Waals surface area contributed by atoms with E-state index in [0.717, 1.165) is 25.3 Å². The minimum absolute atomic E-state index is 0.0232. The number of likely N-dealkylation sites (N-methyl/N-ethyl adjacent to an activating group) is 1. The Bertz CT molecular complexity index is 554. The fourth-order valence-corrected chi connectivity index (χ4v) is 3.68. The Labute approximate surface area is 131 Å². The van der Waals surface area contributed by atoms with Crippen molar-refractivity contribution < 1.29 is 9.53 Å². The number of nitrogens with zero attached hydrogens (tertiary/aromatic N) is 3. The number of carbonyl (C=O) groups is 1. The summed E-state index contributed by atoms with van der Waals surface area (Å²) in [4.78, 5) is 18.4. The predicted molar refractivity (Wildman–Crippen MR) is 83.3 cm³/mol. The van der Waals surface area contributed by atoms with Crippen LogP contribution in [0, 0.1) is 0 Å². The third-order valence-corrected chi connectivity index (χ3v) is 4.85. The second-order valence-corrected chi connectivity index (χ2v) is 7.13. The summed E-state index contributed by atoms with van der Waals surface area (Å²) >= 11 is 0. The van der Waals surface area contributed by atoms with E-state index in [9.17, 15) is 4.79 Å². The van der Waals surface area contributed by atoms with Crippen molar-refractivity contribution in [3.05, 3.63) is 18.2 Å². The molecule has 0 aliphatic carbocycles. The third-order valence-electron chi connectivity index (χ3n) is 4.85. The summed E-state index contributed by atoms with van der Waals surface area (Å²) in [6.07, 6.45) is 6.15. The zero-order valence-corrected chi connectivity index (χ0v) is 13.9. The largest absolute Gasteiger partial charge is 0.374 e. The number of nitrogens with one attached hydrogen (secondary N) is 1. The van der Waals surface area contributed by atoms with Crippen molar-refractivity contribution in [1.29, 1.82) is 0 Å². The molecule has 1 aromatic rings. The fraction of sp³-hybridized carbons (Fsp3) is 0.750. The molecule has 0 spiro atoms. The molecule has 2 aliphatic rings. The van der Waals surface area contributed by atoms with E-state index >= 15 is 0 Å². The van der Waals surface area contributed by atoms with Crippen molar-refractivity contribution in [2.75, 3.05) is 13.7 Å². The first-order chi connectivity index (χ1) is 10.4. The van der Waals surface area contributed by atoms with Crippen molar-refractivity contribution >= 4 is 5.91 Å². The van der Waals surface area contributed by atoms with E-state index in [1.54, 1.807) is 6.20 Å². The van der Waals surface area contributed by atoms with E-state index < -0.39 is 0 Å². The molecule has 1 N–H and O–H groups in total. The third kappa shape index (κ3) is 2.90. The van der Waals surface area contributed by atoms with Gasteiger partial charge >= 0.3 is 0 Å². The number of aryl methyl sites for hydroxylation is 1. The lowest BCUT2D eigenvalue weighted by atomic mass is 9.93. The van der Waals surface area contributed by atoms with E-state index in [-0.39, 0.29) is 23.6 Å². The van der Waals surface area contributed by atoms with Gasteiger partial charge in [0.25, 0.3) is 0 Å². The molecule has 1 unspecified atom stereocenters. The molecule has 3 heterocycles. The van der Waals surface area contributed by atoms with E-state index in [0.29, 0.717) is 12.5 Å². The van der Waals surface area contributed by atoms with Crippen molar-refractivity contribution in [2.24, 2.45) is 7.05 Å². The molecule has 0 aromatic carbocycles. The summed E-state index contributed by atoms with van der Waals surface area (Å²) in [5.41, 5.74) is -0.0627. The number of amides is 1. The van der Waals surface area contributed by atoms with Crippen LogP contribution in [0.1, 0.15) is 45.0 Å². The Kier molecular flexibility index (Phi) is 3.99. The number of piperidine rings is 1. The highest BCUT2D eigenvalue weighted by molar-refractivity contribution is 5.77. The molecule has 1 amide bonds. The number of imidazole rings is 1. The number of hydrogen-bond acceptors (Lipinski definition) is 4. The minimum Gasteiger partial charge on any atom is -0.374 e. The number of aromatic nitrogens is 2. The van der Waals surface area contributed by atoms with Crippen LogP contribution in [-0.2, 0) is 16.6 Å². The topological polar surface area (TPSA) is 59.4 Å². The summed E-state index contributed by atoms with van der Waals surface area (Å²) in [5.74, 6) is 1.13. The molecule has 22 heavy (non-hydrogen) atoms. The lowest BCUT2D eigenvalue weighted by Crippen LogP contribution is -2.52. The van der Waals surface area contributed by atoms with Gasteiger partial charge in [-0.3, -0.25) is 4.79 Å². The van der Waals surface area contributed by atoms with Gasteiger partial charge in [0.15, 0.2) is 0 Å². The molecular formula is C16H26N4O2. The summed E-state index contributed by atoms with van der Waals surface area (Å²) in [7, 11) is 3.86. The lowest BCUT2D eigenvalue weighted by Gasteiger charge is -2.40. The molecule has 6 heteroatoms. The second kappa shape index (κ2) is 5.66. The minimum atomic E-state index is -0.0627. The molecule has 3 rings (SSSR count). The molecule has 3 atom stereocenters. The maximum absolute atomic E-state index is 12.1.